The van der Waals surface area contributed by atoms with E-state index in [1.165, 1.54) is 30.6 Å². The summed E-state index contributed by atoms with van der Waals surface area (Å²) in [6.45, 7) is 6.88. The van der Waals surface area contributed by atoms with Crippen molar-refractivity contribution in [3.63, 3.8) is 0 Å². The average Bonchev–Trinajstić information content (AvgIpc) is 2.92. The first-order valence-corrected chi connectivity index (χ1v) is 11.6. The SMILES string of the molecule is CC[C@@H]1CCCCN1CCCNC(=O)CN1C(=O)c2cccnc2Oc2ccc(C)cc21. The summed E-state index contributed by atoms with van der Waals surface area (Å²) in [7, 11) is 0. The standard InChI is InChI=1S/C25H32N4O3/c1-3-19-8-4-5-14-28(19)15-7-13-26-23(30)17-29-21-16-18(2)10-11-22(21)32-24-20(25(29)31)9-6-12-27-24/h6,9-12,16,19H,3-5,7-8,13-15,17H2,1-2H3,(H,26,30)/t19-/m1/s1. The van der Waals surface area contributed by atoms with E-state index >= 15 is 0 Å². The Morgan fingerprint density at radius 1 is 1.28 bits per heavy atom. The van der Waals surface area contributed by atoms with E-state index in [0.29, 0.717) is 29.6 Å². The molecular formula is C25H32N4O3. The number of carbonyl (C=O) groups is 2. The van der Waals surface area contributed by atoms with Crippen LogP contribution >= 0.6 is 0 Å². The topological polar surface area (TPSA) is 74.8 Å². The maximum Gasteiger partial charge on any atom is 0.264 e. The fraction of sp³-hybridized carbons (Fsp3) is 0.480. The minimum Gasteiger partial charge on any atom is -0.436 e. The van der Waals surface area contributed by atoms with Crippen LogP contribution in [0.2, 0.25) is 0 Å². The summed E-state index contributed by atoms with van der Waals surface area (Å²) in [5, 5.41) is 3.00. The number of likely N-dealkylation sites (tertiary alicyclic amines) is 1. The van der Waals surface area contributed by atoms with Gasteiger partial charge in [-0.3, -0.25) is 14.5 Å². The second-order valence-electron chi connectivity index (χ2n) is 8.62. The first-order chi connectivity index (χ1) is 15.6. The first-order valence-electron chi connectivity index (χ1n) is 11.6. The van der Waals surface area contributed by atoms with Gasteiger partial charge in [-0.25, -0.2) is 4.98 Å². The molecule has 170 valence electrons. The van der Waals surface area contributed by atoms with Gasteiger partial charge in [0.25, 0.3) is 5.91 Å². The van der Waals surface area contributed by atoms with Gasteiger partial charge in [-0.1, -0.05) is 19.4 Å². The minimum atomic E-state index is -0.285. The fourth-order valence-corrected chi connectivity index (χ4v) is 4.60. The average molecular weight is 437 g/mol. The molecule has 2 aromatic rings. The highest BCUT2D eigenvalue weighted by atomic mass is 16.5. The number of hydrogen-bond donors (Lipinski definition) is 1. The molecule has 7 nitrogen and oxygen atoms in total. The maximum atomic E-state index is 13.3. The molecule has 0 radical (unpaired) electrons. The van der Waals surface area contributed by atoms with E-state index in [-0.39, 0.29) is 24.2 Å². The Morgan fingerprint density at radius 2 is 2.16 bits per heavy atom. The van der Waals surface area contributed by atoms with E-state index in [1.54, 1.807) is 18.3 Å². The molecule has 7 heteroatoms. The van der Waals surface area contributed by atoms with E-state index < -0.39 is 0 Å². The number of fused-ring (bicyclic) bond motifs is 2. The summed E-state index contributed by atoms with van der Waals surface area (Å²) >= 11 is 0. The number of benzene rings is 1. The molecule has 1 saturated heterocycles. The number of anilines is 1. The molecule has 0 unspecified atom stereocenters. The Labute approximate surface area is 189 Å². The van der Waals surface area contributed by atoms with E-state index in [9.17, 15) is 9.59 Å². The van der Waals surface area contributed by atoms with Gasteiger partial charge in [-0.2, -0.15) is 0 Å². The largest absolute Gasteiger partial charge is 0.436 e. The van der Waals surface area contributed by atoms with Crippen LogP contribution in [0.5, 0.6) is 11.6 Å². The van der Waals surface area contributed by atoms with E-state index in [1.807, 2.05) is 25.1 Å². The third-order valence-corrected chi connectivity index (χ3v) is 6.32. The third-order valence-electron chi connectivity index (χ3n) is 6.32. The van der Waals surface area contributed by atoms with Crippen LogP contribution in [0.25, 0.3) is 0 Å². The molecule has 1 aromatic heterocycles. The molecule has 1 fully saturated rings. The lowest BCUT2D eigenvalue weighted by atomic mass is 10.00. The number of piperidine rings is 1. The second kappa shape index (κ2) is 10.1. The van der Waals surface area contributed by atoms with Crippen molar-refractivity contribution in [2.24, 2.45) is 0 Å². The van der Waals surface area contributed by atoms with E-state index in [2.05, 4.69) is 22.1 Å². The Hall–Kier alpha value is -2.93. The predicted molar refractivity (Wildman–Crippen MR) is 124 cm³/mol. The lowest BCUT2D eigenvalue weighted by Gasteiger charge is -2.35. The van der Waals surface area contributed by atoms with E-state index in [0.717, 1.165) is 25.1 Å². The molecule has 2 aliphatic rings. The molecule has 1 atom stereocenters. The maximum absolute atomic E-state index is 13.3. The number of aromatic nitrogens is 1. The van der Waals surface area contributed by atoms with Crippen molar-refractivity contribution in [1.29, 1.82) is 0 Å². The summed E-state index contributed by atoms with van der Waals surface area (Å²) in [5.74, 6) is 0.318. The molecule has 4 rings (SSSR count). The Balaban J connectivity index is 1.40. The van der Waals surface area contributed by atoms with Gasteiger partial charge in [0.1, 0.15) is 12.1 Å². The number of rotatable bonds is 7. The highest BCUT2D eigenvalue weighted by Crippen LogP contribution is 2.38. The number of carbonyl (C=O) groups excluding carboxylic acids is 2. The molecular weight excluding hydrogens is 404 g/mol. The van der Waals surface area contributed by atoms with Crippen LogP contribution in [-0.4, -0.2) is 53.9 Å². The van der Waals surface area contributed by atoms with Crippen molar-refractivity contribution in [2.45, 2.75) is 52.0 Å². The molecule has 32 heavy (non-hydrogen) atoms. The molecule has 0 spiro atoms. The van der Waals surface area contributed by atoms with Crippen LogP contribution in [0.1, 0.15) is 54.9 Å². The smallest absolute Gasteiger partial charge is 0.264 e. The molecule has 3 heterocycles. The summed E-state index contributed by atoms with van der Waals surface area (Å²) < 4.78 is 5.92. The zero-order valence-corrected chi connectivity index (χ0v) is 19.0. The lowest BCUT2D eigenvalue weighted by Crippen LogP contribution is -2.43. The molecule has 0 aliphatic carbocycles. The molecule has 2 aliphatic heterocycles. The highest BCUT2D eigenvalue weighted by molar-refractivity contribution is 6.11. The number of amides is 2. The molecule has 1 aromatic carbocycles. The number of nitrogens with one attached hydrogen (secondary N) is 1. The molecule has 0 saturated carbocycles. The van der Waals surface area contributed by atoms with Crippen molar-refractivity contribution in [2.75, 3.05) is 31.1 Å². The van der Waals surface area contributed by atoms with E-state index in [4.69, 9.17) is 4.74 Å². The lowest BCUT2D eigenvalue weighted by molar-refractivity contribution is -0.119. The van der Waals surface area contributed by atoms with Crippen LogP contribution in [0.15, 0.2) is 36.5 Å². The van der Waals surface area contributed by atoms with Gasteiger partial charge >= 0.3 is 0 Å². The molecule has 0 bridgehead atoms. The van der Waals surface area contributed by atoms with Crippen LogP contribution in [-0.2, 0) is 4.79 Å². The van der Waals surface area contributed by atoms with Crippen LogP contribution in [0, 0.1) is 6.92 Å². The van der Waals surface area contributed by atoms with Crippen LogP contribution < -0.4 is 15.0 Å². The quantitative estimate of drug-likeness (QED) is 0.666. The molecule has 2 amide bonds. The van der Waals surface area contributed by atoms with Crippen molar-refractivity contribution in [3.8, 4) is 11.6 Å². The number of pyridine rings is 1. The van der Waals surface area contributed by atoms with Crippen molar-refractivity contribution < 1.29 is 14.3 Å². The van der Waals surface area contributed by atoms with Gasteiger partial charge < -0.3 is 15.0 Å². The Kier molecular flexibility index (Phi) is 7.05. The zero-order valence-electron chi connectivity index (χ0n) is 19.0. The Bertz CT molecular complexity index is 977. The van der Waals surface area contributed by atoms with Gasteiger partial charge in [0.05, 0.1) is 5.69 Å². The number of hydrogen-bond acceptors (Lipinski definition) is 5. The second-order valence-corrected chi connectivity index (χ2v) is 8.62. The normalized spacial score (nSPS) is 18.4. The fourth-order valence-electron chi connectivity index (χ4n) is 4.60. The van der Waals surface area contributed by atoms with Gasteiger partial charge in [-0.15, -0.1) is 0 Å². The summed E-state index contributed by atoms with van der Waals surface area (Å²) in [6, 6.07) is 9.64. The first kappa shape index (κ1) is 22.3. The molecule has 1 N–H and O–H groups in total. The van der Waals surface area contributed by atoms with Crippen molar-refractivity contribution in [3.05, 3.63) is 47.7 Å². The number of aryl methyl sites for hydroxylation is 1. The van der Waals surface area contributed by atoms with Crippen molar-refractivity contribution >= 4 is 17.5 Å². The zero-order chi connectivity index (χ0) is 22.5. The summed E-state index contributed by atoms with van der Waals surface area (Å²) in [6.07, 6.45) is 7.53. The van der Waals surface area contributed by atoms with Gasteiger partial charge in [0, 0.05) is 25.3 Å². The summed E-state index contributed by atoms with van der Waals surface area (Å²) in [5.41, 5.74) is 1.92. The monoisotopic (exact) mass is 436 g/mol. The predicted octanol–water partition coefficient (Wildman–Crippen LogP) is 3.91. The van der Waals surface area contributed by atoms with Crippen LogP contribution in [0.3, 0.4) is 0 Å². The van der Waals surface area contributed by atoms with Gasteiger partial charge in [0.2, 0.25) is 11.8 Å². The third kappa shape index (κ3) is 4.93. The van der Waals surface area contributed by atoms with Gasteiger partial charge in [-0.05, 0) is 69.0 Å². The highest BCUT2D eigenvalue weighted by Gasteiger charge is 2.30. The number of nitrogens with zero attached hydrogens (tertiary/aromatic N) is 3. The van der Waals surface area contributed by atoms with Crippen molar-refractivity contribution in [1.82, 2.24) is 15.2 Å². The summed E-state index contributed by atoms with van der Waals surface area (Å²) in [4.78, 5) is 34.3. The minimum absolute atomic E-state index is 0.0612. The number of ether oxygens (including phenoxy) is 1. The Morgan fingerprint density at radius 3 is 3.00 bits per heavy atom. The van der Waals surface area contributed by atoms with Crippen LogP contribution in [0.4, 0.5) is 5.69 Å². The van der Waals surface area contributed by atoms with Gasteiger partial charge in [0.15, 0.2) is 5.75 Å².